The van der Waals surface area contributed by atoms with Gasteiger partial charge in [-0.1, -0.05) is 18.2 Å². The van der Waals surface area contributed by atoms with Crippen LogP contribution in [0.5, 0.6) is 5.75 Å². The fraction of sp³-hybridized carbons (Fsp3) is 0.444. The Balaban J connectivity index is 0.00000312. The van der Waals surface area contributed by atoms with Crippen molar-refractivity contribution in [3.8, 4) is 5.75 Å². The van der Waals surface area contributed by atoms with E-state index >= 15 is 0 Å². The monoisotopic (exact) mass is 457 g/mol. The molecule has 0 fully saturated rings. The zero-order valence-corrected chi connectivity index (χ0v) is 17.5. The summed E-state index contributed by atoms with van der Waals surface area (Å²) >= 11 is 0. The van der Waals surface area contributed by atoms with Crippen molar-refractivity contribution >= 4 is 29.9 Å². The topological polar surface area (TPSA) is 63.5 Å². The first-order chi connectivity index (χ1) is 11.7. The molecule has 7 heteroatoms. The van der Waals surface area contributed by atoms with E-state index in [1.54, 1.807) is 14.2 Å². The standard InChI is InChI=1S/C18H27N5O.HI/c1-19-18(20-11-6-7-15-13-22-23(2)14-15)21-12-10-16-8-4-5-9-17(16)24-3;/h4-5,8-9,13-14H,6-7,10-12H2,1-3H3,(H2,19,20,21);1H. The molecule has 25 heavy (non-hydrogen) atoms. The molecule has 0 aliphatic rings. The highest BCUT2D eigenvalue weighted by atomic mass is 127. The van der Waals surface area contributed by atoms with Crippen LogP contribution in [0, 0.1) is 0 Å². The highest BCUT2D eigenvalue weighted by Crippen LogP contribution is 2.17. The minimum absolute atomic E-state index is 0. The number of para-hydroxylation sites is 1. The number of methoxy groups -OCH3 is 1. The second kappa shape index (κ2) is 11.7. The number of aliphatic imine (C=N–C) groups is 1. The molecule has 0 bridgehead atoms. The van der Waals surface area contributed by atoms with E-state index in [1.807, 2.05) is 36.1 Å². The molecule has 138 valence electrons. The molecule has 0 aliphatic heterocycles. The first-order valence-electron chi connectivity index (χ1n) is 8.27. The van der Waals surface area contributed by atoms with Gasteiger partial charge in [-0.05, 0) is 36.5 Å². The summed E-state index contributed by atoms with van der Waals surface area (Å²) in [5, 5.41) is 10.9. The lowest BCUT2D eigenvalue weighted by Gasteiger charge is -2.13. The van der Waals surface area contributed by atoms with Gasteiger partial charge in [0.1, 0.15) is 5.75 Å². The summed E-state index contributed by atoms with van der Waals surface area (Å²) in [5.41, 5.74) is 2.46. The van der Waals surface area contributed by atoms with Crippen molar-refractivity contribution in [3.63, 3.8) is 0 Å². The summed E-state index contributed by atoms with van der Waals surface area (Å²) < 4.78 is 7.21. The van der Waals surface area contributed by atoms with Crippen molar-refractivity contribution < 1.29 is 4.74 Å². The van der Waals surface area contributed by atoms with E-state index < -0.39 is 0 Å². The van der Waals surface area contributed by atoms with Crippen molar-refractivity contribution in [1.82, 2.24) is 20.4 Å². The summed E-state index contributed by atoms with van der Waals surface area (Å²) in [6.07, 6.45) is 6.92. The fourth-order valence-corrected chi connectivity index (χ4v) is 2.55. The average molecular weight is 457 g/mol. The van der Waals surface area contributed by atoms with Crippen molar-refractivity contribution in [1.29, 1.82) is 0 Å². The van der Waals surface area contributed by atoms with Gasteiger partial charge in [0.2, 0.25) is 0 Å². The van der Waals surface area contributed by atoms with Crippen LogP contribution >= 0.6 is 24.0 Å². The molecule has 1 heterocycles. The van der Waals surface area contributed by atoms with Crippen LogP contribution in [0.3, 0.4) is 0 Å². The minimum atomic E-state index is 0. The molecular weight excluding hydrogens is 429 g/mol. The molecule has 0 saturated carbocycles. The number of benzene rings is 1. The number of aryl methyl sites for hydroxylation is 2. The van der Waals surface area contributed by atoms with Gasteiger partial charge in [-0.25, -0.2) is 0 Å². The Morgan fingerprint density at radius 2 is 1.96 bits per heavy atom. The molecular formula is C18H28IN5O. The van der Waals surface area contributed by atoms with Gasteiger partial charge >= 0.3 is 0 Å². The third-order valence-electron chi connectivity index (χ3n) is 3.80. The molecule has 0 unspecified atom stereocenters. The quantitative estimate of drug-likeness (QED) is 0.277. The zero-order chi connectivity index (χ0) is 17.2. The van der Waals surface area contributed by atoms with Crippen molar-refractivity contribution in [2.24, 2.45) is 12.0 Å². The van der Waals surface area contributed by atoms with Gasteiger partial charge in [-0.3, -0.25) is 9.67 Å². The largest absolute Gasteiger partial charge is 0.496 e. The number of aromatic nitrogens is 2. The third kappa shape index (κ3) is 7.33. The SMILES string of the molecule is CN=C(NCCCc1cnn(C)c1)NCCc1ccccc1OC.I. The van der Waals surface area contributed by atoms with Crippen LogP contribution in [0.15, 0.2) is 41.7 Å². The lowest BCUT2D eigenvalue weighted by molar-refractivity contribution is 0.409. The molecule has 0 aliphatic carbocycles. The summed E-state index contributed by atoms with van der Waals surface area (Å²) in [6.45, 7) is 1.69. The van der Waals surface area contributed by atoms with E-state index in [1.165, 1.54) is 11.1 Å². The number of ether oxygens (including phenoxy) is 1. The normalized spacial score (nSPS) is 10.9. The third-order valence-corrected chi connectivity index (χ3v) is 3.80. The second-order valence-electron chi connectivity index (χ2n) is 5.61. The number of nitrogens with zero attached hydrogens (tertiary/aromatic N) is 3. The predicted molar refractivity (Wildman–Crippen MR) is 113 cm³/mol. The smallest absolute Gasteiger partial charge is 0.190 e. The van der Waals surface area contributed by atoms with Crippen LogP contribution in [0.25, 0.3) is 0 Å². The molecule has 2 N–H and O–H groups in total. The number of guanidine groups is 1. The maximum Gasteiger partial charge on any atom is 0.190 e. The first kappa shape index (κ1) is 21.3. The van der Waals surface area contributed by atoms with Crippen LogP contribution in [0.1, 0.15) is 17.5 Å². The number of hydrogen-bond acceptors (Lipinski definition) is 3. The van der Waals surface area contributed by atoms with Crippen LogP contribution in [0.4, 0.5) is 0 Å². The average Bonchev–Trinajstić information content (AvgIpc) is 3.02. The highest BCUT2D eigenvalue weighted by Gasteiger charge is 2.03. The molecule has 0 amide bonds. The number of hydrogen-bond donors (Lipinski definition) is 2. The van der Waals surface area contributed by atoms with Gasteiger partial charge in [-0.2, -0.15) is 5.10 Å². The summed E-state index contributed by atoms with van der Waals surface area (Å²) in [7, 11) is 5.43. The Bertz CT molecular complexity index is 656. The Hall–Kier alpha value is -1.77. The van der Waals surface area contributed by atoms with Crippen LogP contribution in [-0.4, -0.2) is 43.0 Å². The molecule has 0 spiro atoms. The number of rotatable bonds is 8. The maximum absolute atomic E-state index is 5.37. The molecule has 0 saturated heterocycles. The minimum Gasteiger partial charge on any atom is -0.496 e. The van der Waals surface area contributed by atoms with E-state index in [9.17, 15) is 0 Å². The van der Waals surface area contributed by atoms with Crippen LogP contribution < -0.4 is 15.4 Å². The summed E-state index contributed by atoms with van der Waals surface area (Å²) in [6, 6.07) is 8.09. The van der Waals surface area contributed by atoms with Crippen molar-refractivity contribution in [2.75, 3.05) is 27.2 Å². The van der Waals surface area contributed by atoms with E-state index in [-0.39, 0.29) is 24.0 Å². The second-order valence-corrected chi connectivity index (χ2v) is 5.61. The zero-order valence-electron chi connectivity index (χ0n) is 15.2. The molecule has 2 aromatic rings. The Morgan fingerprint density at radius 3 is 2.64 bits per heavy atom. The van der Waals surface area contributed by atoms with Gasteiger partial charge < -0.3 is 15.4 Å². The molecule has 1 aromatic heterocycles. The number of nitrogens with one attached hydrogen (secondary N) is 2. The van der Waals surface area contributed by atoms with E-state index in [0.717, 1.165) is 44.1 Å². The lowest BCUT2D eigenvalue weighted by Crippen LogP contribution is -2.38. The predicted octanol–water partition coefficient (Wildman–Crippen LogP) is 2.39. The summed E-state index contributed by atoms with van der Waals surface area (Å²) in [4.78, 5) is 4.26. The van der Waals surface area contributed by atoms with E-state index in [4.69, 9.17) is 4.74 Å². The number of halogens is 1. The lowest BCUT2D eigenvalue weighted by atomic mass is 10.1. The Labute approximate surface area is 167 Å². The first-order valence-corrected chi connectivity index (χ1v) is 8.27. The Kier molecular flexibility index (Phi) is 9.98. The van der Waals surface area contributed by atoms with Crippen molar-refractivity contribution in [3.05, 3.63) is 47.8 Å². The van der Waals surface area contributed by atoms with Crippen LogP contribution in [0.2, 0.25) is 0 Å². The van der Waals surface area contributed by atoms with Gasteiger partial charge in [0.15, 0.2) is 5.96 Å². The van der Waals surface area contributed by atoms with Crippen LogP contribution in [-0.2, 0) is 19.9 Å². The molecule has 6 nitrogen and oxygen atoms in total. The van der Waals surface area contributed by atoms with Gasteiger partial charge in [0, 0.05) is 33.4 Å². The molecule has 2 rings (SSSR count). The van der Waals surface area contributed by atoms with E-state index in [2.05, 4.69) is 33.0 Å². The van der Waals surface area contributed by atoms with E-state index in [0.29, 0.717) is 0 Å². The highest BCUT2D eigenvalue weighted by molar-refractivity contribution is 14.0. The van der Waals surface area contributed by atoms with Crippen molar-refractivity contribution in [2.45, 2.75) is 19.3 Å². The molecule has 1 aromatic carbocycles. The summed E-state index contributed by atoms with van der Waals surface area (Å²) in [5.74, 6) is 1.76. The molecule has 0 atom stereocenters. The molecule has 0 radical (unpaired) electrons. The fourth-order valence-electron chi connectivity index (χ4n) is 2.55. The van der Waals surface area contributed by atoms with Gasteiger partial charge in [0.05, 0.1) is 13.3 Å². The Morgan fingerprint density at radius 1 is 1.20 bits per heavy atom. The maximum atomic E-state index is 5.37. The van der Waals surface area contributed by atoms with Gasteiger partial charge in [-0.15, -0.1) is 24.0 Å². The van der Waals surface area contributed by atoms with Gasteiger partial charge in [0.25, 0.3) is 0 Å².